The van der Waals surface area contributed by atoms with Crippen LogP contribution in [0.25, 0.3) is 0 Å². The highest BCUT2D eigenvalue weighted by Crippen LogP contribution is 2.56. The van der Waals surface area contributed by atoms with Crippen LogP contribution in [0, 0.1) is 29.5 Å². The normalized spacial score (nSPS) is 32.5. The number of nitrogens with two attached hydrogens (primary N) is 2. The molecule has 8 atom stereocenters. The largest absolute Gasteiger partial charge is 0.465 e. The lowest BCUT2D eigenvalue weighted by molar-refractivity contribution is -0.154. The van der Waals surface area contributed by atoms with E-state index in [2.05, 4.69) is 10.6 Å². The molecule has 4 bridgehead atoms. The molecule has 17 nitrogen and oxygen atoms in total. The summed E-state index contributed by atoms with van der Waals surface area (Å²) >= 11 is 0. The van der Waals surface area contributed by atoms with Crippen LogP contribution >= 0.6 is 0 Å². The van der Waals surface area contributed by atoms with Gasteiger partial charge in [-0.3, -0.25) is 19.2 Å². The van der Waals surface area contributed by atoms with E-state index in [9.17, 15) is 29.4 Å². The Balaban J connectivity index is 1.40. The van der Waals surface area contributed by atoms with Gasteiger partial charge in [-0.1, -0.05) is 48.5 Å². The predicted molar refractivity (Wildman–Crippen MR) is 216 cm³/mol. The Morgan fingerprint density at radius 2 is 1.05 bits per heavy atom. The lowest BCUT2D eigenvalue weighted by Crippen LogP contribution is -2.80. The molecule has 0 aromatic heterocycles. The standard InChI is InChI=1S/C44H48FN7O10/c45-31-9-11-32(12-10-31)52(41-21-25-1-5-27(6-2-25)43(48-39(57)58,29-15-19-61-23-29)37(55)50(41)17-13-33(41)35(46)53)42-22-26-3-7-28(8-4-26)44(49-40(59)60,30-16-20-62-24-30)38(56)51(42)18-14-34(42)36(47)54/h1-12,29-30,33-34,48-49H,13-24H2,(H2,46,53)(H2,47,54)(H,57,58)(H,59,60)/t29-,30?,33?,34?,41+,42?,43+,44?/m0/s1. The number of hydrogen-bond acceptors (Lipinski definition) is 9. The summed E-state index contributed by atoms with van der Waals surface area (Å²) in [7, 11) is 0. The van der Waals surface area contributed by atoms with Gasteiger partial charge in [0.15, 0.2) is 11.1 Å². The zero-order chi connectivity index (χ0) is 43.8. The smallest absolute Gasteiger partial charge is 0.405 e. The third kappa shape index (κ3) is 5.86. The Morgan fingerprint density at radius 3 is 1.39 bits per heavy atom. The van der Waals surface area contributed by atoms with E-state index in [1.54, 1.807) is 53.4 Å². The first-order chi connectivity index (χ1) is 29.7. The molecule has 4 saturated heterocycles. The number of ether oxygens (including phenoxy) is 2. The van der Waals surface area contributed by atoms with Crippen molar-refractivity contribution in [2.75, 3.05) is 44.4 Å². The summed E-state index contributed by atoms with van der Waals surface area (Å²) < 4.78 is 26.8. The van der Waals surface area contributed by atoms with Crippen molar-refractivity contribution in [2.45, 2.75) is 60.9 Å². The van der Waals surface area contributed by atoms with Gasteiger partial charge in [-0.2, -0.15) is 0 Å². The van der Waals surface area contributed by atoms with Crippen LogP contribution in [0.3, 0.4) is 0 Å². The molecule has 8 aliphatic rings. The van der Waals surface area contributed by atoms with Gasteiger partial charge in [0.1, 0.15) is 17.1 Å². The van der Waals surface area contributed by atoms with E-state index in [1.165, 1.54) is 34.1 Å². The number of primary amides is 2. The van der Waals surface area contributed by atoms with Crippen molar-refractivity contribution in [3.05, 3.63) is 101 Å². The topological polar surface area (TPSA) is 247 Å². The van der Waals surface area contributed by atoms with E-state index >= 15 is 14.0 Å². The highest BCUT2D eigenvalue weighted by Gasteiger charge is 2.71. The molecule has 0 spiro atoms. The molecule has 6 amide bonds. The van der Waals surface area contributed by atoms with Crippen LogP contribution in [-0.2, 0) is 52.6 Å². The summed E-state index contributed by atoms with van der Waals surface area (Å²) in [6.45, 7) is 0.256. The second-order valence-electron chi connectivity index (χ2n) is 17.3. The third-order valence-corrected chi connectivity index (χ3v) is 14.5. The maximum Gasteiger partial charge on any atom is 0.405 e. The van der Waals surface area contributed by atoms with Gasteiger partial charge in [-0.15, -0.1) is 0 Å². The molecule has 0 saturated carbocycles. The number of rotatable bonds is 9. The van der Waals surface area contributed by atoms with Gasteiger partial charge in [-0.25, -0.2) is 14.0 Å². The minimum atomic E-state index is -1.97. The lowest BCUT2D eigenvalue weighted by atomic mass is 9.75. The van der Waals surface area contributed by atoms with Crippen LogP contribution in [0.2, 0.25) is 0 Å². The zero-order valence-electron chi connectivity index (χ0n) is 33.8. The van der Waals surface area contributed by atoms with Gasteiger partial charge >= 0.3 is 12.2 Å². The zero-order valence-corrected chi connectivity index (χ0v) is 33.8. The van der Waals surface area contributed by atoms with Crippen molar-refractivity contribution >= 4 is 41.5 Å². The number of carboxylic acid groups (broad SMARTS) is 2. The van der Waals surface area contributed by atoms with Crippen molar-refractivity contribution < 1.29 is 52.8 Å². The molecule has 18 heteroatoms. The summed E-state index contributed by atoms with van der Waals surface area (Å²) in [6.07, 6.45) is -2.75. The second-order valence-corrected chi connectivity index (χ2v) is 17.3. The first-order valence-corrected chi connectivity index (χ1v) is 20.9. The minimum Gasteiger partial charge on any atom is -0.465 e. The Kier molecular flexibility index (Phi) is 9.92. The average Bonchev–Trinajstić information content (AvgIpc) is 4.08. The van der Waals surface area contributed by atoms with Gasteiger partial charge in [-0.05, 0) is 72.2 Å². The molecule has 4 fully saturated rings. The quantitative estimate of drug-likeness (QED) is 0.182. The summed E-state index contributed by atoms with van der Waals surface area (Å²) in [5, 5.41) is 26.3. The number of nitrogens with zero attached hydrogens (tertiary/aromatic N) is 3. The molecule has 8 N–H and O–H groups in total. The molecule has 8 heterocycles. The monoisotopic (exact) mass is 853 g/mol. The molecule has 3 aromatic rings. The van der Waals surface area contributed by atoms with E-state index in [1.807, 2.05) is 0 Å². The highest BCUT2D eigenvalue weighted by molar-refractivity contribution is 5.97. The van der Waals surface area contributed by atoms with Gasteiger partial charge in [0.05, 0.1) is 25.0 Å². The van der Waals surface area contributed by atoms with Crippen LogP contribution in [0.15, 0.2) is 72.8 Å². The fourth-order valence-corrected chi connectivity index (χ4v) is 12.0. The molecule has 11 rings (SSSR count). The van der Waals surface area contributed by atoms with Crippen molar-refractivity contribution in [2.24, 2.45) is 35.1 Å². The molecular formula is C44H48FN7O10. The first-order valence-electron chi connectivity index (χ1n) is 20.9. The Labute approximate surface area is 355 Å². The third-order valence-electron chi connectivity index (χ3n) is 14.5. The van der Waals surface area contributed by atoms with E-state index in [0.717, 1.165) is 0 Å². The molecular weight excluding hydrogens is 806 g/mol. The maximum atomic E-state index is 16.2. The van der Waals surface area contributed by atoms with E-state index in [4.69, 9.17) is 20.9 Å². The fraction of sp³-hybridized carbons (Fsp3) is 0.455. The van der Waals surface area contributed by atoms with E-state index in [0.29, 0.717) is 35.1 Å². The number of anilines is 1. The van der Waals surface area contributed by atoms with Crippen molar-refractivity contribution in [1.82, 2.24) is 20.4 Å². The molecule has 326 valence electrons. The van der Waals surface area contributed by atoms with Gasteiger partial charge in [0.2, 0.25) is 11.8 Å². The Morgan fingerprint density at radius 1 is 0.645 bits per heavy atom. The average molecular weight is 854 g/mol. The fourth-order valence-electron chi connectivity index (χ4n) is 12.0. The van der Waals surface area contributed by atoms with Crippen LogP contribution in [0.1, 0.15) is 47.9 Å². The number of carbonyl (C=O) groups is 6. The molecule has 8 aliphatic heterocycles. The van der Waals surface area contributed by atoms with Gasteiger partial charge in [0, 0.05) is 56.7 Å². The number of carbonyl (C=O) groups excluding carboxylic acids is 4. The molecule has 62 heavy (non-hydrogen) atoms. The number of benzene rings is 3. The number of halogens is 1. The number of amides is 6. The van der Waals surface area contributed by atoms with Crippen molar-refractivity contribution in [3.8, 4) is 0 Å². The Bertz CT molecular complexity index is 2180. The summed E-state index contributed by atoms with van der Waals surface area (Å²) in [5.41, 5.74) is 7.02. The van der Waals surface area contributed by atoms with Crippen molar-refractivity contribution in [3.63, 3.8) is 0 Å². The van der Waals surface area contributed by atoms with E-state index < -0.39 is 87.7 Å². The molecule has 0 aliphatic carbocycles. The van der Waals surface area contributed by atoms with Crippen molar-refractivity contribution in [1.29, 1.82) is 0 Å². The number of fused-ring (bicyclic) bond motifs is 6. The predicted octanol–water partition coefficient (Wildman–Crippen LogP) is 2.20. The first kappa shape index (κ1) is 41.1. The van der Waals surface area contributed by atoms with E-state index in [-0.39, 0.29) is 70.9 Å². The maximum absolute atomic E-state index is 16.2. The summed E-state index contributed by atoms with van der Waals surface area (Å²) in [5.74, 6) is -7.72. The minimum absolute atomic E-state index is 0.0187. The van der Waals surface area contributed by atoms with Crippen LogP contribution in [-0.4, -0.2) is 107 Å². The second kappa shape index (κ2) is 15.0. The molecule has 3 aromatic carbocycles. The van der Waals surface area contributed by atoms with Gasteiger partial charge in [0.25, 0.3) is 11.8 Å². The number of hydrogen-bond donors (Lipinski definition) is 6. The van der Waals surface area contributed by atoms with Crippen LogP contribution in [0.4, 0.5) is 19.7 Å². The Hall–Kier alpha value is -6.27. The highest BCUT2D eigenvalue weighted by atomic mass is 19.1. The number of nitrogens with one attached hydrogen (secondary N) is 2. The molecule has 0 radical (unpaired) electrons. The van der Waals surface area contributed by atoms with Crippen LogP contribution < -0.4 is 27.0 Å². The summed E-state index contributed by atoms with van der Waals surface area (Å²) in [6, 6.07) is 18.9. The molecule has 5 unspecified atom stereocenters. The SMILES string of the molecule is NC(=O)C1CCN2C(=O)C(NC(=O)O)(C3CCOC3)c3ccc(cc3)CC12N(c1ccc(F)cc1)[C@@]12Cc3ccc(cc3)[C@@](NC(=O)O)([C@H]3CCOC3)C(=O)N1CCC2C(N)=O. The van der Waals surface area contributed by atoms with Gasteiger partial charge < -0.3 is 56.5 Å². The lowest BCUT2D eigenvalue weighted by Gasteiger charge is -2.62. The van der Waals surface area contributed by atoms with Crippen LogP contribution in [0.5, 0.6) is 0 Å². The summed E-state index contributed by atoms with van der Waals surface area (Å²) in [4.78, 5) is 91.6.